The van der Waals surface area contributed by atoms with E-state index in [1.165, 1.54) is 18.9 Å². The zero-order chi connectivity index (χ0) is 14.7. The predicted octanol–water partition coefficient (Wildman–Crippen LogP) is 1.70. The third kappa shape index (κ3) is 3.46. The lowest BCUT2D eigenvalue weighted by molar-refractivity contribution is -0.383. The van der Waals surface area contributed by atoms with Gasteiger partial charge in [0.1, 0.15) is 5.69 Å². The molecule has 1 atom stereocenters. The molecule has 1 aliphatic rings. The van der Waals surface area contributed by atoms with E-state index in [2.05, 4.69) is 23.9 Å². The summed E-state index contributed by atoms with van der Waals surface area (Å²) in [6, 6.07) is 5.59. The van der Waals surface area contributed by atoms with Gasteiger partial charge in [0.05, 0.1) is 4.92 Å². The summed E-state index contributed by atoms with van der Waals surface area (Å²) in [5, 5.41) is 10.8. The zero-order valence-electron chi connectivity index (χ0n) is 12.1. The maximum Gasteiger partial charge on any atom is 0.292 e. The van der Waals surface area contributed by atoms with E-state index >= 15 is 0 Å². The van der Waals surface area contributed by atoms with Gasteiger partial charge in [-0.15, -0.1) is 0 Å². The fraction of sp³-hybridized carbons (Fsp3) is 0.571. The van der Waals surface area contributed by atoms with Crippen molar-refractivity contribution in [1.29, 1.82) is 0 Å². The third-order valence-electron chi connectivity index (χ3n) is 3.75. The van der Waals surface area contributed by atoms with Crippen LogP contribution in [0.25, 0.3) is 0 Å². The van der Waals surface area contributed by atoms with Crippen molar-refractivity contribution in [2.24, 2.45) is 0 Å². The number of nitro groups is 1. The summed E-state index contributed by atoms with van der Waals surface area (Å²) in [4.78, 5) is 15.0. The number of hydrogen-bond donors (Lipinski definition) is 1. The largest absolute Gasteiger partial charge is 0.393 e. The number of nitro benzene ring substituents is 1. The SMILES string of the molecule is CN(C)CC1CCCN1Cc1ccc([N+](=O)[O-])c(N)c1. The Morgan fingerprint density at radius 3 is 2.85 bits per heavy atom. The second-order valence-electron chi connectivity index (χ2n) is 5.68. The molecule has 0 bridgehead atoms. The number of rotatable bonds is 5. The molecule has 1 heterocycles. The number of likely N-dealkylation sites (tertiary alicyclic amines) is 1. The Bertz CT molecular complexity index is 490. The van der Waals surface area contributed by atoms with E-state index < -0.39 is 4.92 Å². The van der Waals surface area contributed by atoms with E-state index in [1.807, 2.05) is 0 Å². The number of benzene rings is 1. The standard InChI is InChI=1S/C14H22N4O2/c1-16(2)10-12-4-3-7-17(12)9-11-5-6-14(18(19)20)13(15)8-11/h5-6,8,12H,3-4,7,9-10,15H2,1-2H3. The van der Waals surface area contributed by atoms with Crippen molar-refractivity contribution in [1.82, 2.24) is 9.80 Å². The second kappa shape index (κ2) is 6.19. The molecule has 6 nitrogen and oxygen atoms in total. The molecule has 1 fully saturated rings. The van der Waals surface area contributed by atoms with Gasteiger partial charge in [0, 0.05) is 25.2 Å². The normalized spacial score (nSPS) is 19.6. The number of anilines is 1. The van der Waals surface area contributed by atoms with Gasteiger partial charge in [-0.25, -0.2) is 0 Å². The Balaban J connectivity index is 2.06. The lowest BCUT2D eigenvalue weighted by atomic mass is 10.1. The van der Waals surface area contributed by atoms with Gasteiger partial charge in [-0.05, 0) is 45.1 Å². The number of nitrogen functional groups attached to an aromatic ring is 1. The lowest BCUT2D eigenvalue weighted by Gasteiger charge is -2.27. The molecule has 1 unspecified atom stereocenters. The maximum absolute atomic E-state index is 10.8. The van der Waals surface area contributed by atoms with Crippen LogP contribution < -0.4 is 5.73 Å². The van der Waals surface area contributed by atoms with Crippen LogP contribution in [0.1, 0.15) is 18.4 Å². The molecule has 0 aromatic heterocycles. The average Bonchev–Trinajstić information content (AvgIpc) is 2.75. The molecular weight excluding hydrogens is 256 g/mol. The highest BCUT2D eigenvalue weighted by Gasteiger charge is 2.25. The Labute approximate surface area is 119 Å². The van der Waals surface area contributed by atoms with Gasteiger partial charge < -0.3 is 10.6 Å². The van der Waals surface area contributed by atoms with E-state index in [9.17, 15) is 10.1 Å². The molecule has 6 heteroatoms. The number of hydrogen-bond acceptors (Lipinski definition) is 5. The summed E-state index contributed by atoms with van der Waals surface area (Å²) in [5.74, 6) is 0. The van der Waals surface area contributed by atoms with Crippen LogP contribution in [-0.4, -0.2) is 47.9 Å². The predicted molar refractivity (Wildman–Crippen MR) is 79.5 cm³/mol. The van der Waals surface area contributed by atoms with Gasteiger partial charge >= 0.3 is 0 Å². The highest BCUT2D eigenvalue weighted by atomic mass is 16.6. The van der Waals surface area contributed by atoms with Crippen LogP contribution in [0.3, 0.4) is 0 Å². The first-order chi connectivity index (χ1) is 9.47. The van der Waals surface area contributed by atoms with Gasteiger partial charge in [-0.2, -0.15) is 0 Å². The number of nitrogens with two attached hydrogens (primary N) is 1. The quantitative estimate of drug-likeness (QED) is 0.504. The fourth-order valence-electron chi connectivity index (χ4n) is 2.83. The van der Waals surface area contributed by atoms with Crippen LogP contribution in [0.15, 0.2) is 18.2 Å². The minimum atomic E-state index is -0.441. The lowest BCUT2D eigenvalue weighted by Crippen LogP contribution is -2.37. The molecule has 110 valence electrons. The number of nitrogens with zero attached hydrogens (tertiary/aromatic N) is 3. The van der Waals surface area contributed by atoms with Crippen LogP contribution in [0, 0.1) is 10.1 Å². The van der Waals surface area contributed by atoms with Gasteiger partial charge in [0.2, 0.25) is 0 Å². The molecule has 0 aliphatic carbocycles. The van der Waals surface area contributed by atoms with Gasteiger partial charge in [-0.3, -0.25) is 15.0 Å². The van der Waals surface area contributed by atoms with Crippen molar-refractivity contribution >= 4 is 11.4 Å². The van der Waals surface area contributed by atoms with Crippen molar-refractivity contribution < 1.29 is 4.92 Å². The van der Waals surface area contributed by atoms with Gasteiger partial charge in [-0.1, -0.05) is 6.07 Å². The topological polar surface area (TPSA) is 75.6 Å². The monoisotopic (exact) mass is 278 g/mol. The zero-order valence-corrected chi connectivity index (χ0v) is 12.1. The summed E-state index contributed by atoms with van der Waals surface area (Å²) >= 11 is 0. The number of likely N-dealkylation sites (N-methyl/N-ethyl adjacent to an activating group) is 1. The average molecular weight is 278 g/mol. The summed E-state index contributed by atoms with van der Waals surface area (Å²) in [6.45, 7) is 2.93. The van der Waals surface area contributed by atoms with Crippen LogP contribution in [0.2, 0.25) is 0 Å². The molecule has 1 aromatic rings. The molecule has 0 spiro atoms. The minimum Gasteiger partial charge on any atom is -0.393 e. The fourth-order valence-corrected chi connectivity index (χ4v) is 2.83. The first kappa shape index (κ1) is 14.7. The molecule has 0 saturated carbocycles. The Kier molecular flexibility index (Phi) is 4.57. The summed E-state index contributed by atoms with van der Waals surface area (Å²) in [6.07, 6.45) is 2.42. The molecule has 2 N–H and O–H groups in total. The molecule has 20 heavy (non-hydrogen) atoms. The highest BCUT2D eigenvalue weighted by molar-refractivity contribution is 5.59. The van der Waals surface area contributed by atoms with E-state index in [-0.39, 0.29) is 11.4 Å². The summed E-state index contributed by atoms with van der Waals surface area (Å²) < 4.78 is 0. The molecular formula is C14H22N4O2. The molecule has 0 amide bonds. The molecule has 1 aliphatic heterocycles. The first-order valence-corrected chi connectivity index (χ1v) is 6.89. The first-order valence-electron chi connectivity index (χ1n) is 6.89. The van der Waals surface area contributed by atoms with Crippen LogP contribution in [-0.2, 0) is 6.54 Å². The van der Waals surface area contributed by atoms with E-state index in [0.717, 1.165) is 25.2 Å². The van der Waals surface area contributed by atoms with E-state index in [0.29, 0.717) is 6.04 Å². The van der Waals surface area contributed by atoms with Crippen LogP contribution in [0.4, 0.5) is 11.4 Å². The smallest absolute Gasteiger partial charge is 0.292 e. The van der Waals surface area contributed by atoms with Crippen molar-refractivity contribution in [3.8, 4) is 0 Å². The van der Waals surface area contributed by atoms with E-state index in [1.54, 1.807) is 12.1 Å². The van der Waals surface area contributed by atoms with Crippen molar-refractivity contribution in [3.63, 3.8) is 0 Å². The molecule has 1 saturated heterocycles. The Hall–Kier alpha value is -1.66. The molecule has 0 radical (unpaired) electrons. The highest BCUT2D eigenvalue weighted by Crippen LogP contribution is 2.25. The van der Waals surface area contributed by atoms with Crippen molar-refractivity contribution in [2.45, 2.75) is 25.4 Å². The van der Waals surface area contributed by atoms with Crippen molar-refractivity contribution in [2.75, 3.05) is 32.9 Å². The van der Waals surface area contributed by atoms with Crippen LogP contribution in [0.5, 0.6) is 0 Å². The molecule has 2 rings (SSSR count). The Morgan fingerprint density at radius 2 is 2.25 bits per heavy atom. The Morgan fingerprint density at radius 1 is 1.50 bits per heavy atom. The maximum atomic E-state index is 10.8. The second-order valence-corrected chi connectivity index (χ2v) is 5.68. The summed E-state index contributed by atoms with van der Waals surface area (Å²) in [5.41, 5.74) is 7.02. The summed E-state index contributed by atoms with van der Waals surface area (Å²) in [7, 11) is 4.17. The minimum absolute atomic E-state index is 0.0139. The van der Waals surface area contributed by atoms with E-state index in [4.69, 9.17) is 5.73 Å². The van der Waals surface area contributed by atoms with Crippen molar-refractivity contribution in [3.05, 3.63) is 33.9 Å². The van der Waals surface area contributed by atoms with Gasteiger partial charge in [0.15, 0.2) is 0 Å². The van der Waals surface area contributed by atoms with Gasteiger partial charge in [0.25, 0.3) is 5.69 Å². The van der Waals surface area contributed by atoms with Crippen LogP contribution >= 0.6 is 0 Å². The third-order valence-corrected chi connectivity index (χ3v) is 3.75. The molecule has 1 aromatic carbocycles.